The molecule has 0 spiro atoms. The van der Waals surface area contributed by atoms with Crippen LogP contribution in [0.5, 0.6) is 0 Å². The number of anilines is 1. The van der Waals surface area contributed by atoms with Crippen LogP contribution in [0.1, 0.15) is 36.2 Å². The molecule has 17 heavy (non-hydrogen) atoms. The fourth-order valence-electron chi connectivity index (χ4n) is 2.06. The number of nitrogen functional groups attached to an aromatic ring is 1. The summed E-state index contributed by atoms with van der Waals surface area (Å²) >= 11 is 1.58. The Morgan fingerprint density at radius 3 is 2.82 bits per heavy atom. The van der Waals surface area contributed by atoms with Gasteiger partial charge in [-0.15, -0.1) is 11.8 Å². The van der Waals surface area contributed by atoms with Crippen LogP contribution >= 0.6 is 11.8 Å². The van der Waals surface area contributed by atoms with Gasteiger partial charge in [-0.3, -0.25) is 0 Å². The fourth-order valence-corrected chi connectivity index (χ4v) is 3.18. The number of carbonyl (C=O) groups is 1. The molecule has 0 aromatic carbocycles. The van der Waals surface area contributed by atoms with Gasteiger partial charge in [-0.25, -0.2) is 9.78 Å². The smallest absolute Gasteiger partial charge is 0.354 e. The normalized spacial score (nSPS) is 16.2. The zero-order valence-electron chi connectivity index (χ0n) is 9.56. The maximum Gasteiger partial charge on any atom is 0.354 e. The van der Waals surface area contributed by atoms with E-state index in [-0.39, 0.29) is 5.69 Å². The highest BCUT2D eigenvalue weighted by Gasteiger charge is 2.16. The van der Waals surface area contributed by atoms with E-state index in [0.29, 0.717) is 10.7 Å². The average molecular weight is 252 g/mol. The lowest BCUT2D eigenvalue weighted by Crippen LogP contribution is -2.04. The summed E-state index contributed by atoms with van der Waals surface area (Å²) in [7, 11) is 0. The lowest BCUT2D eigenvalue weighted by molar-refractivity contribution is 0.0690. The first-order valence-corrected chi connectivity index (χ1v) is 6.78. The molecular weight excluding hydrogens is 236 g/mol. The number of nitrogens with two attached hydrogens (primary N) is 1. The van der Waals surface area contributed by atoms with Crippen molar-refractivity contribution in [2.75, 3.05) is 11.5 Å². The first kappa shape index (κ1) is 12.2. The van der Waals surface area contributed by atoms with Gasteiger partial charge in [0, 0.05) is 5.75 Å². The summed E-state index contributed by atoms with van der Waals surface area (Å²) in [4.78, 5) is 14.9. The van der Waals surface area contributed by atoms with Crippen LogP contribution in [-0.4, -0.2) is 21.8 Å². The van der Waals surface area contributed by atoms with Crippen molar-refractivity contribution in [3.05, 3.63) is 17.8 Å². The van der Waals surface area contributed by atoms with Crippen molar-refractivity contribution in [2.24, 2.45) is 5.92 Å². The van der Waals surface area contributed by atoms with E-state index in [2.05, 4.69) is 4.98 Å². The van der Waals surface area contributed by atoms with Gasteiger partial charge in [0.2, 0.25) is 0 Å². The molecule has 1 aromatic heterocycles. The molecule has 1 aromatic rings. The Bertz CT molecular complexity index is 417. The first-order chi connectivity index (χ1) is 8.16. The number of pyridine rings is 1. The molecule has 1 aliphatic carbocycles. The molecule has 1 saturated carbocycles. The van der Waals surface area contributed by atoms with Crippen LogP contribution in [0.4, 0.5) is 5.69 Å². The lowest BCUT2D eigenvalue weighted by atomic mass is 10.1. The van der Waals surface area contributed by atoms with E-state index in [1.54, 1.807) is 17.8 Å². The van der Waals surface area contributed by atoms with Crippen molar-refractivity contribution in [1.82, 2.24) is 4.98 Å². The highest BCUT2D eigenvalue weighted by molar-refractivity contribution is 7.99. The Balaban J connectivity index is 2.03. The summed E-state index contributed by atoms with van der Waals surface area (Å²) in [5.41, 5.74) is 6.43. The van der Waals surface area contributed by atoms with E-state index in [1.165, 1.54) is 31.7 Å². The maximum atomic E-state index is 10.8. The van der Waals surface area contributed by atoms with Gasteiger partial charge in [0.25, 0.3) is 0 Å². The van der Waals surface area contributed by atoms with Crippen molar-refractivity contribution in [3.63, 3.8) is 0 Å². The Morgan fingerprint density at radius 1 is 1.47 bits per heavy atom. The molecule has 4 nitrogen and oxygen atoms in total. The topological polar surface area (TPSA) is 76.2 Å². The number of rotatable bonds is 4. The van der Waals surface area contributed by atoms with Crippen LogP contribution < -0.4 is 5.73 Å². The number of carboxylic acids is 1. The van der Waals surface area contributed by atoms with Crippen LogP contribution in [-0.2, 0) is 0 Å². The van der Waals surface area contributed by atoms with Crippen LogP contribution in [0.2, 0.25) is 0 Å². The van der Waals surface area contributed by atoms with Crippen molar-refractivity contribution in [2.45, 2.75) is 30.7 Å². The fraction of sp³-hybridized carbons (Fsp3) is 0.500. The zero-order chi connectivity index (χ0) is 12.3. The SMILES string of the molecule is Nc1ccc(C(=O)O)nc1SCC1CCCC1. The monoisotopic (exact) mass is 252 g/mol. The summed E-state index contributed by atoms with van der Waals surface area (Å²) in [6.07, 6.45) is 5.16. The van der Waals surface area contributed by atoms with Gasteiger partial charge in [-0.05, 0) is 30.9 Å². The van der Waals surface area contributed by atoms with Crippen molar-refractivity contribution in [3.8, 4) is 0 Å². The molecule has 0 unspecified atom stereocenters. The van der Waals surface area contributed by atoms with E-state index < -0.39 is 5.97 Å². The molecule has 2 rings (SSSR count). The molecule has 0 amide bonds. The Morgan fingerprint density at radius 2 is 2.18 bits per heavy atom. The largest absolute Gasteiger partial charge is 0.477 e. The third kappa shape index (κ3) is 3.12. The van der Waals surface area contributed by atoms with Crippen LogP contribution in [0.3, 0.4) is 0 Å². The summed E-state index contributed by atoms with van der Waals surface area (Å²) < 4.78 is 0. The summed E-state index contributed by atoms with van der Waals surface area (Å²) in [6.45, 7) is 0. The number of thioether (sulfide) groups is 1. The van der Waals surface area contributed by atoms with E-state index >= 15 is 0 Å². The van der Waals surface area contributed by atoms with Gasteiger partial charge < -0.3 is 10.8 Å². The number of aromatic nitrogens is 1. The van der Waals surface area contributed by atoms with Crippen LogP contribution in [0.25, 0.3) is 0 Å². The minimum Gasteiger partial charge on any atom is -0.477 e. The average Bonchev–Trinajstić information content (AvgIpc) is 2.80. The van der Waals surface area contributed by atoms with Gasteiger partial charge in [0.1, 0.15) is 10.7 Å². The summed E-state index contributed by atoms with van der Waals surface area (Å²) in [5, 5.41) is 9.52. The zero-order valence-corrected chi connectivity index (χ0v) is 10.4. The lowest BCUT2D eigenvalue weighted by Gasteiger charge is -2.09. The third-order valence-electron chi connectivity index (χ3n) is 3.04. The molecule has 0 bridgehead atoms. The van der Waals surface area contributed by atoms with Gasteiger partial charge in [0.15, 0.2) is 0 Å². The molecule has 3 N–H and O–H groups in total. The van der Waals surface area contributed by atoms with Gasteiger partial charge in [-0.1, -0.05) is 12.8 Å². The van der Waals surface area contributed by atoms with Crippen molar-refractivity contribution >= 4 is 23.4 Å². The summed E-state index contributed by atoms with van der Waals surface area (Å²) in [5.74, 6) is 0.711. The Hall–Kier alpha value is -1.23. The molecule has 92 valence electrons. The van der Waals surface area contributed by atoms with E-state index in [4.69, 9.17) is 10.8 Å². The molecule has 0 atom stereocenters. The standard InChI is InChI=1S/C12H16N2O2S/c13-9-5-6-10(12(15)16)14-11(9)17-7-8-3-1-2-4-8/h5-6,8H,1-4,7,13H2,(H,15,16). The van der Waals surface area contributed by atoms with E-state index in [0.717, 1.165) is 11.7 Å². The molecule has 0 aliphatic heterocycles. The number of aromatic carboxylic acids is 1. The molecule has 0 saturated heterocycles. The predicted molar refractivity (Wildman–Crippen MR) is 68.3 cm³/mol. The second-order valence-corrected chi connectivity index (χ2v) is 5.37. The minimum atomic E-state index is -1.01. The number of hydrogen-bond acceptors (Lipinski definition) is 4. The quantitative estimate of drug-likeness (QED) is 0.806. The molecule has 1 fully saturated rings. The van der Waals surface area contributed by atoms with Crippen LogP contribution in [0, 0.1) is 5.92 Å². The van der Waals surface area contributed by atoms with Gasteiger partial charge >= 0.3 is 5.97 Å². The summed E-state index contributed by atoms with van der Waals surface area (Å²) in [6, 6.07) is 3.06. The van der Waals surface area contributed by atoms with Crippen LogP contribution in [0.15, 0.2) is 17.2 Å². The van der Waals surface area contributed by atoms with E-state index in [9.17, 15) is 4.79 Å². The van der Waals surface area contributed by atoms with E-state index in [1.807, 2.05) is 0 Å². The number of nitrogens with zero attached hydrogens (tertiary/aromatic N) is 1. The first-order valence-electron chi connectivity index (χ1n) is 5.79. The molecule has 1 aliphatic rings. The Labute approximate surface area is 105 Å². The van der Waals surface area contributed by atoms with Crippen molar-refractivity contribution < 1.29 is 9.90 Å². The highest BCUT2D eigenvalue weighted by atomic mass is 32.2. The molecule has 5 heteroatoms. The Kier molecular flexibility index (Phi) is 3.89. The van der Waals surface area contributed by atoms with Crippen molar-refractivity contribution in [1.29, 1.82) is 0 Å². The number of hydrogen-bond donors (Lipinski definition) is 2. The number of carboxylic acid groups (broad SMARTS) is 1. The second-order valence-electron chi connectivity index (χ2n) is 4.36. The molecule has 0 radical (unpaired) electrons. The maximum absolute atomic E-state index is 10.8. The van der Waals surface area contributed by atoms with Gasteiger partial charge in [0.05, 0.1) is 5.69 Å². The van der Waals surface area contributed by atoms with Gasteiger partial charge in [-0.2, -0.15) is 0 Å². The highest BCUT2D eigenvalue weighted by Crippen LogP contribution is 2.32. The third-order valence-corrected chi connectivity index (χ3v) is 4.28. The molecular formula is C12H16N2O2S. The molecule has 1 heterocycles. The minimum absolute atomic E-state index is 0.0631. The predicted octanol–water partition coefficient (Wildman–Crippen LogP) is 2.64. The second kappa shape index (κ2) is 5.40.